The lowest BCUT2D eigenvalue weighted by Crippen LogP contribution is -2.41. The van der Waals surface area contributed by atoms with E-state index in [1.165, 1.54) is 4.90 Å². The smallest absolute Gasteiger partial charge is 0.247 e. The van der Waals surface area contributed by atoms with E-state index in [0.29, 0.717) is 6.42 Å². The van der Waals surface area contributed by atoms with Crippen molar-refractivity contribution in [3.63, 3.8) is 0 Å². The van der Waals surface area contributed by atoms with Gasteiger partial charge in [0.1, 0.15) is 0 Å². The number of nitrogens with zero attached hydrogens (tertiary/aromatic N) is 2. The van der Waals surface area contributed by atoms with E-state index < -0.39 is 0 Å². The number of carbonyl (C=O) groups is 2. The summed E-state index contributed by atoms with van der Waals surface area (Å²) in [4.78, 5) is 28.4. The van der Waals surface area contributed by atoms with Crippen LogP contribution in [0.15, 0.2) is 30.3 Å². The van der Waals surface area contributed by atoms with Crippen LogP contribution in [0.3, 0.4) is 0 Å². The van der Waals surface area contributed by atoms with Crippen molar-refractivity contribution in [2.75, 3.05) is 13.1 Å². The molecule has 0 spiro atoms. The number of hydrogen-bond donors (Lipinski definition) is 0. The van der Waals surface area contributed by atoms with E-state index in [9.17, 15) is 9.59 Å². The predicted octanol–water partition coefficient (Wildman–Crippen LogP) is 1.97. The Kier molecular flexibility index (Phi) is 3.57. The molecule has 0 aromatic heterocycles. The summed E-state index contributed by atoms with van der Waals surface area (Å²) in [6, 6.07) is 9.35. The van der Waals surface area contributed by atoms with Crippen LogP contribution in [-0.4, -0.2) is 40.7 Å². The summed E-state index contributed by atoms with van der Waals surface area (Å²) in [6.07, 6.45) is 2.61. The minimum Gasteiger partial charge on any atom is -0.292 e. The maximum absolute atomic E-state index is 12.6. The van der Waals surface area contributed by atoms with Crippen molar-refractivity contribution in [1.29, 1.82) is 0 Å². The van der Waals surface area contributed by atoms with Crippen LogP contribution in [0, 0.1) is 0 Å². The second kappa shape index (κ2) is 5.37. The average molecular weight is 272 g/mol. The summed E-state index contributed by atoms with van der Waals surface area (Å²) in [5.41, 5.74) is 1.01. The van der Waals surface area contributed by atoms with Gasteiger partial charge in [-0.2, -0.15) is 0 Å². The molecule has 0 radical (unpaired) electrons. The SMILES string of the molecule is CC(c1ccccc1)N1C(=O)CC(N2CCCC2)C1=O. The van der Waals surface area contributed by atoms with E-state index in [1.807, 2.05) is 37.3 Å². The van der Waals surface area contributed by atoms with E-state index in [0.717, 1.165) is 31.5 Å². The monoisotopic (exact) mass is 272 g/mol. The van der Waals surface area contributed by atoms with Gasteiger partial charge in [0.25, 0.3) is 0 Å². The first-order valence-corrected chi connectivity index (χ1v) is 7.33. The molecule has 20 heavy (non-hydrogen) atoms. The van der Waals surface area contributed by atoms with Crippen LogP contribution >= 0.6 is 0 Å². The van der Waals surface area contributed by atoms with E-state index in [-0.39, 0.29) is 23.9 Å². The van der Waals surface area contributed by atoms with Gasteiger partial charge in [0, 0.05) is 0 Å². The van der Waals surface area contributed by atoms with Crippen LogP contribution in [0.4, 0.5) is 0 Å². The van der Waals surface area contributed by atoms with Crippen LogP contribution in [0.5, 0.6) is 0 Å². The quantitative estimate of drug-likeness (QED) is 0.790. The molecule has 0 saturated carbocycles. The Morgan fingerprint density at radius 3 is 2.40 bits per heavy atom. The second-order valence-corrected chi connectivity index (χ2v) is 5.65. The summed E-state index contributed by atoms with van der Waals surface area (Å²) in [5.74, 6) is -0.0588. The molecule has 1 aromatic rings. The third-order valence-corrected chi connectivity index (χ3v) is 4.41. The maximum Gasteiger partial charge on any atom is 0.247 e. The molecule has 2 aliphatic heterocycles. The summed E-state index contributed by atoms with van der Waals surface area (Å²) < 4.78 is 0. The van der Waals surface area contributed by atoms with Crippen molar-refractivity contribution in [2.45, 2.75) is 38.3 Å². The van der Waals surface area contributed by atoms with Gasteiger partial charge < -0.3 is 0 Å². The lowest BCUT2D eigenvalue weighted by atomic mass is 10.1. The van der Waals surface area contributed by atoms with Gasteiger partial charge in [0.15, 0.2) is 0 Å². The standard InChI is InChI=1S/C16H20N2O2/c1-12(13-7-3-2-4-8-13)18-15(19)11-14(16(18)20)17-9-5-6-10-17/h2-4,7-8,12,14H,5-6,9-11H2,1H3. The Morgan fingerprint density at radius 2 is 1.75 bits per heavy atom. The van der Waals surface area contributed by atoms with Gasteiger partial charge in [-0.15, -0.1) is 0 Å². The highest BCUT2D eigenvalue weighted by atomic mass is 16.2. The fraction of sp³-hybridized carbons (Fsp3) is 0.500. The van der Waals surface area contributed by atoms with Crippen molar-refractivity contribution in [1.82, 2.24) is 9.80 Å². The van der Waals surface area contributed by atoms with Crippen molar-refractivity contribution in [3.8, 4) is 0 Å². The highest BCUT2D eigenvalue weighted by Crippen LogP contribution is 2.30. The van der Waals surface area contributed by atoms with Crippen LogP contribution in [0.2, 0.25) is 0 Å². The average Bonchev–Trinajstić information content (AvgIpc) is 3.07. The Labute approximate surface area is 119 Å². The molecule has 4 nitrogen and oxygen atoms in total. The first-order chi connectivity index (χ1) is 9.68. The van der Waals surface area contributed by atoms with Crippen LogP contribution in [0.25, 0.3) is 0 Å². The number of imide groups is 1. The van der Waals surface area contributed by atoms with Gasteiger partial charge >= 0.3 is 0 Å². The molecule has 0 aliphatic carbocycles. The van der Waals surface area contributed by atoms with E-state index in [4.69, 9.17) is 0 Å². The zero-order valence-electron chi connectivity index (χ0n) is 11.8. The molecule has 1 aromatic carbocycles. The molecule has 0 N–H and O–H groups in total. The first-order valence-electron chi connectivity index (χ1n) is 7.33. The van der Waals surface area contributed by atoms with Crippen LogP contribution in [-0.2, 0) is 9.59 Å². The van der Waals surface area contributed by atoms with Crippen LogP contribution in [0.1, 0.15) is 37.8 Å². The fourth-order valence-electron chi connectivity index (χ4n) is 3.26. The van der Waals surface area contributed by atoms with E-state index in [2.05, 4.69) is 4.90 Å². The largest absolute Gasteiger partial charge is 0.292 e. The minimum atomic E-state index is -0.226. The summed E-state index contributed by atoms with van der Waals surface area (Å²) in [6.45, 7) is 3.81. The molecule has 4 heteroatoms. The molecule has 2 fully saturated rings. The van der Waals surface area contributed by atoms with Gasteiger partial charge in [0.2, 0.25) is 11.8 Å². The van der Waals surface area contributed by atoms with Gasteiger partial charge in [-0.05, 0) is 38.4 Å². The van der Waals surface area contributed by atoms with Gasteiger partial charge in [0.05, 0.1) is 18.5 Å². The van der Waals surface area contributed by atoms with Gasteiger partial charge in [-0.25, -0.2) is 0 Å². The maximum atomic E-state index is 12.6. The van der Waals surface area contributed by atoms with Crippen LogP contribution < -0.4 is 0 Å². The number of benzene rings is 1. The summed E-state index contributed by atoms with van der Waals surface area (Å²) in [5, 5.41) is 0. The molecule has 2 heterocycles. The van der Waals surface area contributed by atoms with Crippen molar-refractivity contribution < 1.29 is 9.59 Å². The Hall–Kier alpha value is -1.68. The number of amides is 2. The highest BCUT2D eigenvalue weighted by molar-refractivity contribution is 6.05. The molecule has 2 unspecified atom stereocenters. The molecule has 106 valence electrons. The number of likely N-dealkylation sites (tertiary alicyclic amines) is 2. The summed E-state index contributed by atoms with van der Waals surface area (Å²) >= 11 is 0. The topological polar surface area (TPSA) is 40.6 Å². The third kappa shape index (κ3) is 2.24. The Morgan fingerprint density at radius 1 is 1.10 bits per heavy atom. The molecule has 0 bridgehead atoms. The molecule has 2 saturated heterocycles. The zero-order valence-corrected chi connectivity index (χ0v) is 11.8. The normalized spacial score (nSPS) is 25.4. The second-order valence-electron chi connectivity index (χ2n) is 5.65. The lowest BCUT2D eigenvalue weighted by Gasteiger charge is -2.25. The zero-order chi connectivity index (χ0) is 14.1. The molecule has 2 aliphatic rings. The van der Waals surface area contributed by atoms with E-state index in [1.54, 1.807) is 0 Å². The highest BCUT2D eigenvalue weighted by Gasteiger charge is 2.44. The Bertz CT molecular complexity index is 508. The molecule has 2 amide bonds. The van der Waals surface area contributed by atoms with Crippen molar-refractivity contribution in [2.24, 2.45) is 0 Å². The molecule has 3 rings (SSSR count). The van der Waals surface area contributed by atoms with Gasteiger partial charge in [-0.3, -0.25) is 19.4 Å². The number of carbonyl (C=O) groups excluding carboxylic acids is 2. The van der Waals surface area contributed by atoms with Gasteiger partial charge in [-0.1, -0.05) is 30.3 Å². The predicted molar refractivity (Wildman–Crippen MR) is 75.9 cm³/mol. The summed E-state index contributed by atoms with van der Waals surface area (Å²) in [7, 11) is 0. The lowest BCUT2D eigenvalue weighted by molar-refractivity contribution is -0.142. The molecule has 2 atom stereocenters. The fourth-order valence-corrected chi connectivity index (χ4v) is 3.26. The minimum absolute atomic E-state index is 0.0201. The van der Waals surface area contributed by atoms with Crippen molar-refractivity contribution >= 4 is 11.8 Å². The third-order valence-electron chi connectivity index (χ3n) is 4.41. The van der Waals surface area contributed by atoms with E-state index >= 15 is 0 Å². The number of rotatable bonds is 3. The molecular formula is C16H20N2O2. The Balaban J connectivity index is 1.80. The first kappa shape index (κ1) is 13.3. The number of hydrogen-bond acceptors (Lipinski definition) is 3. The van der Waals surface area contributed by atoms with Crippen molar-refractivity contribution in [3.05, 3.63) is 35.9 Å². The molecular weight excluding hydrogens is 252 g/mol.